The van der Waals surface area contributed by atoms with Crippen LogP contribution in [0.1, 0.15) is 22.7 Å². The van der Waals surface area contributed by atoms with E-state index in [1.165, 1.54) is 11.1 Å². The molecule has 0 aliphatic heterocycles. The summed E-state index contributed by atoms with van der Waals surface area (Å²) in [4.78, 5) is 0. The minimum Gasteiger partial charge on any atom is -0.320 e. The third-order valence-electron chi connectivity index (χ3n) is 4.50. The van der Waals surface area contributed by atoms with Crippen LogP contribution in [0, 0.1) is 0 Å². The molecule has 0 fully saturated rings. The lowest BCUT2D eigenvalue weighted by atomic mass is 9.91. The van der Waals surface area contributed by atoms with Crippen molar-refractivity contribution in [2.24, 2.45) is 5.73 Å². The SMILES string of the molecule is C=C/C=C(\C=C)c1ccc(C(N)c2ccccc2-c2ccccc2)cc1. The Morgan fingerprint density at radius 3 is 2.12 bits per heavy atom. The molecule has 2 N–H and O–H groups in total. The molecule has 0 saturated heterocycles. The second-order valence-electron chi connectivity index (χ2n) is 6.11. The minimum absolute atomic E-state index is 0.184. The summed E-state index contributed by atoms with van der Waals surface area (Å²) in [6, 6.07) is 26.8. The number of hydrogen-bond acceptors (Lipinski definition) is 1. The van der Waals surface area contributed by atoms with Crippen molar-refractivity contribution in [1.29, 1.82) is 0 Å². The molecule has 1 atom stereocenters. The van der Waals surface area contributed by atoms with Crippen LogP contribution in [-0.4, -0.2) is 0 Å². The largest absolute Gasteiger partial charge is 0.320 e. The topological polar surface area (TPSA) is 26.0 Å². The molecule has 3 aromatic rings. The van der Waals surface area contributed by atoms with Gasteiger partial charge in [-0.2, -0.15) is 0 Å². The summed E-state index contributed by atoms with van der Waals surface area (Å²) in [5, 5.41) is 0. The van der Waals surface area contributed by atoms with Gasteiger partial charge in [-0.25, -0.2) is 0 Å². The van der Waals surface area contributed by atoms with Crippen molar-refractivity contribution in [3.05, 3.63) is 127 Å². The number of rotatable bonds is 6. The Morgan fingerprint density at radius 2 is 1.46 bits per heavy atom. The van der Waals surface area contributed by atoms with E-state index in [1.807, 2.05) is 24.3 Å². The van der Waals surface area contributed by atoms with Gasteiger partial charge in [0.05, 0.1) is 6.04 Å². The highest BCUT2D eigenvalue weighted by Crippen LogP contribution is 2.31. The van der Waals surface area contributed by atoms with Gasteiger partial charge < -0.3 is 5.73 Å². The van der Waals surface area contributed by atoms with Crippen LogP contribution in [0.15, 0.2) is 110 Å². The van der Waals surface area contributed by atoms with Gasteiger partial charge in [0.15, 0.2) is 0 Å². The molecule has 0 spiro atoms. The standard InChI is InChI=1S/C25H23N/c1-3-10-19(4-2)20-15-17-22(18-16-20)25(26)24-14-9-8-13-23(24)21-11-6-5-7-12-21/h3-18,25H,1-2,26H2/b19-10+. The van der Waals surface area contributed by atoms with E-state index < -0.39 is 0 Å². The van der Waals surface area contributed by atoms with Crippen LogP contribution in [0.3, 0.4) is 0 Å². The Kier molecular flexibility index (Phi) is 5.62. The summed E-state index contributed by atoms with van der Waals surface area (Å²) in [7, 11) is 0. The monoisotopic (exact) mass is 337 g/mol. The van der Waals surface area contributed by atoms with Crippen LogP contribution in [0.4, 0.5) is 0 Å². The van der Waals surface area contributed by atoms with Gasteiger partial charge in [0.1, 0.15) is 0 Å². The van der Waals surface area contributed by atoms with Crippen molar-refractivity contribution < 1.29 is 0 Å². The molecular weight excluding hydrogens is 314 g/mol. The number of allylic oxidation sites excluding steroid dienone is 4. The van der Waals surface area contributed by atoms with Gasteiger partial charge in [-0.1, -0.05) is 110 Å². The second kappa shape index (κ2) is 8.28. The molecular formula is C25H23N. The molecule has 128 valence electrons. The van der Waals surface area contributed by atoms with Gasteiger partial charge in [0, 0.05) is 0 Å². The summed E-state index contributed by atoms with van der Waals surface area (Å²) in [6.07, 6.45) is 5.56. The molecule has 0 amide bonds. The first kappa shape index (κ1) is 17.7. The molecule has 1 nitrogen and oxygen atoms in total. The van der Waals surface area contributed by atoms with Gasteiger partial charge >= 0.3 is 0 Å². The van der Waals surface area contributed by atoms with Gasteiger partial charge in [-0.15, -0.1) is 0 Å². The first-order valence-corrected chi connectivity index (χ1v) is 8.70. The number of nitrogens with two attached hydrogens (primary N) is 1. The van der Waals surface area contributed by atoms with E-state index in [0.717, 1.165) is 22.3 Å². The number of hydrogen-bond donors (Lipinski definition) is 1. The molecule has 0 saturated carbocycles. The van der Waals surface area contributed by atoms with Gasteiger partial charge in [0.25, 0.3) is 0 Å². The zero-order valence-electron chi connectivity index (χ0n) is 14.8. The lowest BCUT2D eigenvalue weighted by molar-refractivity contribution is 0.873. The predicted molar refractivity (Wildman–Crippen MR) is 113 cm³/mol. The van der Waals surface area contributed by atoms with Gasteiger partial charge in [-0.05, 0) is 33.4 Å². The van der Waals surface area contributed by atoms with Gasteiger partial charge in [0.2, 0.25) is 0 Å². The van der Waals surface area contributed by atoms with Crippen LogP contribution >= 0.6 is 0 Å². The molecule has 0 aliphatic carbocycles. The molecule has 0 heterocycles. The Morgan fingerprint density at radius 1 is 0.808 bits per heavy atom. The maximum atomic E-state index is 6.62. The van der Waals surface area contributed by atoms with Crippen LogP contribution in [0.25, 0.3) is 16.7 Å². The van der Waals surface area contributed by atoms with Crippen LogP contribution in [0.5, 0.6) is 0 Å². The molecule has 0 bridgehead atoms. The highest BCUT2D eigenvalue weighted by atomic mass is 14.6. The highest BCUT2D eigenvalue weighted by molar-refractivity contribution is 5.75. The summed E-state index contributed by atoms with van der Waals surface area (Å²) < 4.78 is 0. The molecule has 3 aromatic carbocycles. The highest BCUT2D eigenvalue weighted by Gasteiger charge is 2.14. The molecule has 1 heteroatoms. The summed E-state index contributed by atoms with van der Waals surface area (Å²) in [6.45, 7) is 7.62. The third-order valence-corrected chi connectivity index (χ3v) is 4.50. The maximum absolute atomic E-state index is 6.62. The maximum Gasteiger partial charge on any atom is 0.0557 e. The van der Waals surface area contributed by atoms with Crippen molar-refractivity contribution in [1.82, 2.24) is 0 Å². The van der Waals surface area contributed by atoms with Crippen molar-refractivity contribution in [3.63, 3.8) is 0 Å². The first-order chi connectivity index (χ1) is 12.7. The zero-order chi connectivity index (χ0) is 18.4. The predicted octanol–water partition coefficient (Wildman–Crippen LogP) is 6.16. The van der Waals surface area contributed by atoms with E-state index in [0.29, 0.717) is 0 Å². The van der Waals surface area contributed by atoms with Crippen LogP contribution in [-0.2, 0) is 0 Å². The average Bonchev–Trinajstić information content (AvgIpc) is 2.72. The third kappa shape index (κ3) is 3.74. The Bertz CT molecular complexity index is 918. The lowest BCUT2D eigenvalue weighted by Crippen LogP contribution is -2.13. The van der Waals surface area contributed by atoms with E-state index >= 15 is 0 Å². The van der Waals surface area contributed by atoms with Crippen LogP contribution < -0.4 is 5.73 Å². The quantitative estimate of drug-likeness (QED) is 0.536. The fraction of sp³-hybridized carbons (Fsp3) is 0.0400. The van der Waals surface area contributed by atoms with E-state index in [4.69, 9.17) is 5.73 Å². The average molecular weight is 337 g/mol. The van der Waals surface area contributed by atoms with Crippen molar-refractivity contribution in [2.45, 2.75) is 6.04 Å². The normalized spacial score (nSPS) is 12.4. The molecule has 0 aromatic heterocycles. The second-order valence-corrected chi connectivity index (χ2v) is 6.11. The van der Waals surface area contributed by atoms with Crippen LogP contribution in [0.2, 0.25) is 0 Å². The summed E-state index contributed by atoms with van der Waals surface area (Å²) in [5.74, 6) is 0. The number of benzene rings is 3. The van der Waals surface area contributed by atoms with Gasteiger partial charge in [-0.3, -0.25) is 0 Å². The van der Waals surface area contributed by atoms with E-state index in [1.54, 1.807) is 6.08 Å². The molecule has 3 rings (SSSR count). The smallest absolute Gasteiger partial charge is 0.0557 e. The summed E-state index contributed by atoms with van der Waals surface area (Å²) in [5.41, 5.74) is 13.3. The molecule has 0 radical (unpaired) electrons. The summed E-state index contributed by atoms with van der Waals surface area (Å²) >= 11 is 0. The Balaban J connectivity index is 1.96. The van der Waals surface area contributed by atoms with E-state index in [-0.39, 0.29) is 6.04 Å². The Hall–Kier alpha value is -3.16. The molecule has 0 aliphatic rings. The van der Waals surface area contributed by atoms with E-state index in [9.17, 15) is 0 Å². The fourth-order valence-electron chi connectivity index (χ4n) is 3.12. The minimum atomic E-state index is -0.184. The first-order valence-electron chi connectivity index (χ1n) is 8.70. The molecule has 26 heavy (non-hydrogen) atoms. The van der Waals surface area contributed by atoms with E-state index in [2.05, 4.69) is 79.9 Å². The van der Waals surface area contributed by atoms with Crippen molar-refractivity contribution >= 4 is 5.57 Å². The van der Waals surface area contributed by atoms with Crippen molar-refractivity contribution in [3.8, 4) is 11.1 Å². The Labute approximate surface area is 155 Å². The lowest BCUT2D eigenvalue weighted by Gasteiger charge is -2.18. The fourth-order valence-corrected chi connectivity index (χ4v) is 3.12. The van der Waals surface area contributed by atoms with Crippen molar-refractivity contribution in [2.75, 3.05) is 0 Å². The zero-order valence-corrected chi connectivity index (χ0v) is 14.8. The molecule has 1 unspecified atom stereocenters.